The maximum Gasteiger partial charge on any atom is 0.243 e. The van der Waals surface area contributed by atoms with E-state index in [1.807, 2.05) is 12.1 Å². The third-order valence-corrected chi connectivity index (χ3v) is 5.41. The smallest absolute Gasteiger partial charge is 0.243 e. The lowest BCUT2D eigenvalue weighted by Gasteiger charge is -2.22. The average molecular weight is 303 g/mol. The average Bonchev–Trinajstić information content (AvgIpc) is 3.31. The summed E-state index contributed by atoms with van der Waals surface area (Å²) in [5.74, 6) is 0. The molecule has 2 N–H and O–H groups in total. The van der Waals surface area contributed by atoms with E-state index in [9.17, 15) is 8.42 Å². The fourth-order valence-electron chi connectivity index (χ4n) is 2.22. The second kappa shape index (κ2) is 5.46. The number of nitrogen functional groups attached to an aromatic ring is 1. The fourth-order valence-corrected chi connectivity index (χ4v) is 3.89. The van der Waals surface area contributed by atoms with Gasteiger partial charge in [-0.05, 0) is 48.7 Å². The van der Waals surface area contributed by atoms with Crippen molar-refractivity contribution in [3.05, 3.63) is 54.4 Å². The van der Waals surface area contributed by atoms with Crippen molar-refractivity contribution in [2.75, 3.05) is 5.73 Å². The molecular weight excluding hydrogens is 286 g/mol. The van der Waals surface area contributed by atoms with Crippen LogP contribution in [-0.2, 0) is 16.6 Å². The van der Waals surface area contributed by atoms with Gasteiger partial charge in [0.1, 0.15) is 0 Å². The minimum atomic E-state index is -3.50. The van der Waals surface area contributed by atoms with Gasteiger partial charge in [0.05, 0.1) is 4.90 Å². The maximum atomic E-state index is 12.8. The number of anilines is 1. The number of hydrogen-bond donors (Lipinski definition) is 1. The Bertz CT molecular complexity index is 710. The van der Waals surface area contributed by atoms with Crippen molar-refractivity contribution in [3.8, 4) is 0 Å². The Morgan fingerprint density at radius 2 is 1.90 bits per heavy atom. The first kappa shape index (κ1) is 14.0. The van der Waals surface area contributed by atoms with Gasteiger partial charge in [-0.25, -0.2) is 8.42 Å². The van der Waals surface area contributed by atoms with Crippen LogP contribution in [0, 0.1) is 0 Å². The number of aromatic nitrogens is 1. The van der Waals surface area contributed by atoms with Gasteiger partial charge in [0, 0.05) is 30.7 Å². The SMILES string of the molecule is Nc1ccc(S(=O)(=O)N(Cc2cccnc2)C2CC2)cc1. The summed E-state index contributed by atoms with van der Waals surface area (Å²) >= 11 is 0. The van der Waals surface area contributed by atoms with Crippen molar-refractivity contribution in [2.24, 2.45) is 0 Å². The van der Waals surface area contributed by atoms with Gasteiger partial charge < -0.3 is 5.73 Å². The van der Waals surface area contributed by atoms with Crippen molar-refractivity contribution in [1.82, 2.24) is 9.29 Å². The van der Waals surface area contributed by atoms with Gasteiger partial charge in [-0.15, -0.1) is 0 Å². The van der Waals surface area contributed by atoms with Crippen LogP contribution in [0.5, 0.6) is 0 Å². The number of nitrogens with zero attached hydrogens (tertiary/aromatic N) is 2. The van der Waals surface area contributed by atoms with Crippen LogP contribution < -0.4 is 5.73 Å². The van der Waals surface area contributed by atoms with Crippen molar-refractivity contribution >= 4 is 15.7 Å². The van der Waals surface area contributed by atoms with Crippen LogP contribution in [0.2, 0.25) is 0 Å². The highest BCUT2D eigenvalue weighted by molar-refractivity contribution is 7.89. The number of benzene rings is 1. The topological polar surface area (TPSA) is 76.3 Å². The lowest BCUT2D eigenvalue weighted by molar-refractivity contribution is 0.398. The molecule has 0 amide bonds. The number of nitrogens with two attached hydrogens (primary N) is 1. The molecule has 3 rings (SSSR count). The van der Waals surface area contributed by atoms with Gasteiger partial charge in [0.25, 0.3) is 0 Å². The molecule has 21 heavy (non-hydrogen) atoms. The Labute approximate surface area is 124 Å². The standard InChI is InChI=1S/C15H17N3O2S/c16-13-3-7-15(8-4-13)21(19,20)18(14-5-6-14)11-12-2-1-9-17-10-12/h1-4,7-10,14H,5-6,11,16H2. The minimum Gasteiger partial charge on any atom is -0.399 e. The molecule has 0 spiro atoms. The van der Waals surface area contributed by atoms with Crippen LogP contribution in [0.1, 0.15) is 18.4 Å². The molecule has 0 aliphatic heterocycles. The quantitative estimate of drug-likeness (QED) is 0.857. The molecule has 1 saturated carbocycles. The van der Waals surface area contributed by atoms with Crippen LogP contribution in [0.15, 0.2) is 53.7 Å². The highest BCUT2D eigenvalue weighted by atomic mass is 32.2. The van der Waals surface area contributed by atoms with E-state index >= 15 is 0 Å². The predicted molar refractivity (Wildman–Crippen MR) is 80.8 cm³/mol. The fraction of sp³-hybridized carbons (Fsp3) is 0.267. The highest BCUT2D eigenvalue weighted by Gasteiger charge is 2.38. The largest absolute Gasteiger partial charge is 0.399 e. The van der Waals surface area contributed by atoms with E-state index in [-0.39, 0.29) is 10.9 Å². The molecule has 5 nitrogen and oxygen atoms in total. The molecule has 0 unspecified atom stereocenters. The zero-order chi connectivity index (χ0) is 14.9. The van der Waals surface area contributed by atoms with E-state index in [2.05, 4.69) is 4.98 Å². The third kappa shape index (κ3) is 3.06. The lowest BCUT2D eigenvalue weighted by atomic mass is 10.3. The third-order valence-electron chi connectivity index (χ3n) is 3.50. The molecule has 1 aromatic carbocycles. The number of pyridine rings is 1. The van der Waals surface area contributed by atoms with E-state index in [1.54, 1.807) is 41.0 Å². The summed E-state index contributed by atoms with van der Waals surface area (Å²) < 4.78 is 27.2. The molecule has 1 aliphatic carbocycles. The Kier molecular flexibility index (Phi) is 3.65. The van der Waals surface area contributed by atoms with Crippen LogP contribution in [0.3, 0.4) is 0 Å². The second-order valence-corrected chi connectivity index (χ2v) is 7.10. The van der Waals surface area contributed by atoms with Crippen molar-refractivity contribution in [3.63, 3.8) is 0 Å². The zero-order valence-corrected chi connectivity index (χ0v) is 12.3. The molecule has 1 aromatic heterocycles. The molecule has 1 aliphatic rings. The zero-order valence-electron chi connectivity index (χ0n) is 11.5. The van der Waals surface area contributed by atoms with E-state index < -0.39 is 10.0 Å². The summed E-state index contributed by atoms with van der Waals surface area (Å²) in [5.41, 5.74) is 7.07. The second-order valence-electron chi connectivity index (χ2n) is 5.21. The van der Waals surface area contributed by atoms with Crippen LogP contribution in [0.25, 0.3) is 0 Å². The first-order valence-corrected chi connectivity index (χ1v) is 8.28. The van der Waals surface area contributed by atoms with E-state index in [0.29, 0.717) is 12.2 Å². The molecule has 0 saturated heterocycles. The monoisotopic (exact) mass is 303 g/mol. The summed E-state index contributed by atoms with van der Waals surface area (Å²) in [5, 5.41) is 0. The number of sulfonamides is 1. The Morgan fingerprint density at radius 3 is 2.48 bits per heavy atom. The van der Waals surface area contributed by atoms with Crippen molar-refractivity contribution in [1.29, 1.82) is 0 Å². The maximum absolute atomic E-state index is 12.8. The Balaban J connectivity index is 1.91. The van der Waals surface area contributed by atoms with Crippen molar-refractivity contribution in [2.45, 2.75) is 30.3 Å². The Morgan fingerprint density at radius 1 is 1.19 bits per heavy atom. The molecule has 6 heteroatoms. The summed E-state index contributed by atoms with van der Waals surface area (Å²) in [4.78, 5) is 4.33. The summed E-state index contributed by atoms with van der Waals surface area (Å²) in [6.45, 7) is 0.352. The molecule has 0 bridgehead atoms. The van der Waals surface area contributed by atoms with Gasteiger partial charge in [-0.2, -0.15) is 4.31 Å². The van der Waals surface area contributed by atoms with Crippen LogP contribution in [0.4, 0.5) is 5.69 Å². The minimum absolute atomic E-state index is 0.0905. The van der Waals surface area contributed by atoms with Gasteiger partial charge >= 0.3 is 0 Å². The van der Waals surface area contributed by atoms with E-state index in [0.717, 1.165) is 18.4 Å². The normalized spacial score (nSPS) is 15.3. The van der Waals surface area contributed by atoms with Gasteiger partial charge in [0.15, 0.2) is 0 Å². The molecule has 2 aromatic rings. The first-order chi connectivity index (χ1) is 10.1. The first-order valence-electron chi connectivity index (χ1n) is 6.83. The summed E-state index contributed by atoms with van der Waals surface area (Å²) in [6.07, 6.45) is 5.20. The molecule has 1 fully saturated rings. The highest BCUT2D eigenvalue weighted by Crippen LogP contribution is 2.33. The van der Waals surface area contributed by atoms with Gasteiger partial charge in [-0.1, -0.05) is 6.07 Å². The van der Waals surface area contributed by atoms with E-state index in [4.69, 9.17) is 5.73 Å². The number of hydrogen-bond acceptors (Lipinski definition) is 4. The lowest BCUT2D eigenvalue weighted by Crippen LogP contribution is -2.32. The molecule has 0 atom stereocenters. The summed E-state index contributed by atoms with van der Waals surface area (Å²) in [6, 6.07) is 10.1. The predicted octanol–water partition coefficient (Wildman–Crippen LogP) is 2.02. The van der Waals surface area contributed by atoms with E-state index in [1.165, 1.54) is 0 Å². The molecular formula is C15H17N3O2S. The molecule has 1 heterocycles. The number of rotatable bonds is 5. The van der Waals surface area contributed by atoms with Crippen LogP contribution in [-0.4, -0.2) is 23.7 Å². The van der Waals surface area contributed by atoms with Gasteiger partial charge in [-0.3, -0.25) is 4.98 Å². The van der Waals surface area contributed by atoms with Crippen LogP contribution >= 0.6 is 0 Å². The molecule has 0 radical (unpaired) electrons. The summed E-state index contributed by atoms with van der Waals surface area (Å²) in [7, 11) is -3.50. The van der Waals surface area contributed by atoms with Gasteiger partial charge in [0.2, 0.25) is 10.0 Å². The van der Waals surface area contributed by atoms with Crippen molar-refractivity contribution < 1.29 is 8.42 Å². The molecule has 110 valence electrons. The Hall–Kier alpha value is -1.92.